The zero-order chi connectivity index (χ0) is 14.1. The van der Waals surface area contributed by atoms with Crippen LogP contribution in [-0.4, -0.2) is 4.98 Å². The third kappa shape index (κ3) is 2.51. The van der Waals surface area contributed by atoms with E-state index in [1.54, 1.807) is 6.20 Å². The molecule has 20 heavy (non-hydrogen) atoms. The van der Waals surface area contributed by atoms with Gasteiger partial charge in [0.15, 0.2) is 0 Å². The second-order valence-corrected chi connectivity index (χ2v) is 6.14. The lowest BCUT2D eigenvalue weighted by atomic mass is 10.1. The van der Waals surface area contributed by atoms with Gasteiger partial charge in [0.25, 0.3) is 0 Å². The van der Waals surface area contributed by atoms with E-state index in [9.17, 15) is 0 Å². The van der Waals surface area contributed by atoms with Gasteiger partial charge in [0.1, 0.15) is 0 Å². The second kappa shape index (κ2) is 5.42. The lowest BCUT2D eigenvalue weighted by Crippen LogP contribution is -1.95. The molecule has 0 spiro atoms. The van der Waals surface area contributed by atoms with Crippen LogP contribution in [0.4, 0.5) is 17.1 Å². The first-order valence-electron chi connectivity index (χ1n) is 5.99. The summed E-state index contributed by atoms with van der Waals surface area (Å²) < 4.78 is 2.01. The standard InChI is InChI=1S/C15H11Br2N3/c16-9-1-2-12(17)15(7-9)20-14-4-3-13(18)10-5-6-19-8-11(10)14/h1-8,20H,18H2. The van der Waals surface area contributed by atoms with Gasteiger partial charge in [-0.15, -0.1) is 0 Å². The van der Waals surface area contributed by atoms with Crippen LogP contribution in [0.1, 0.15) is 0 Å². The summed E-state index contributed by atoms with van der Waals surface area (Å²) in [4.78, 5) is 4.18. The summed E-state index contributed by atoms with van der Waals surface area (Å²) in [6.45, 7) is 0. The van der Waals surface area contributed by atoms with Gasteiger partial charge in [-0.3, -0.25) is 4.98 Å². The molecule has 5 heteroatoms. The molecule has 3 aromatic rings. The predicted octanol–water partition coefficient (Wildman–Crippen LogP) is 5.09. The monoisotopic (exact) mass is 391 g/mol. The van der Waals surface area contributed by atoms with Gasteiger partial charge in [-0.05, 0) is 52.3 Å². The maximum atomic E-state index is 6.00. The number of nitrogens with zero attached hydrogens (tertiary/aromatic N) is 1. The number of anilines is 3. The largest absolute Gasteiger partial charge is 0.398 e. The van der Waals surface area contributed by atoms with Gasteiger partial charge in [0, 0.05) is 43.5 Å². The van der Waals surface area contributed by atoms with E-state index in [4.69, 9.17) is 5.73 Å². The third-order valence-electron chi connectivity index (χ3n) is 3.05. The maximum Gasteiger partial charge on any atom is 0.0540 e. The highest BCUT2D eigenvalue weighted by molar-refractivity contribution is 9.11. The topological polar surface area (TPSA) is 50.9 Å². The van der Waals surface area contributed by atoms with Gasteiger partial charge in [-0.25, -0.2) is 0 Å². The highest BCUT2D eigenvalue weighted by Crippen LogP contribution is 2.33. The zero-order valence-electron chi connectivity index (χ0n) is 10.4. The molecule has 0 radical (unpaired) electrons. The number of hydrogen-bond donors (Lipinski definition) is 2. The minimum Gasteiger partial charge on any atom is -0.398 e. The summed E-state index contributed by atoms with van der Waals surface area (Å²) >= 11 is 7.02. The van der Waals surface area contributed by atoms with Crippen LogP contribution in [0.15, 0.2) is 57.7 Å². The Balaban J connectivity index is 2.11. The number of rotatable bonds is 2. The van der Waals surface area contributed by atoms with Crippen molar-refractivity contribution in [1.82, 2.24) is 4.98 Å². The molecule has 2 aromatic carbocycles. The second-order valence-electron chi connectivity index (χ2n) is 4.37. The summed E-state index contributed by atoms with van der Waals surface area (Å²) in [5.41, 5.74) is 8.71. The first-order chi connectivity index (χ1) is 9.65. The molecule has 3 rings (SSSR count). The van der Waals surface area contributed by atoms with Crippen molar-refractivity contribution in [3.05, 3.63) is 57.7 Å². The van der Waals surface area contributed by atoms with Gasteiger partial charge in [0.2, 0.25) is 0 Å². The summed E-state index contributed by atoms with van der Waals surface area (Å²) in [6.07, 6.45) is 3.57. The minimum absolute atomic E-state index is 0.751. The summed E-state index contributed by atoms with van der Waals surface area (Å²) in [5.74, 6) is 0. The highest BCUT2D eigenvalue weighted by Gasteiger charge is 2.06. The number of pyridine rings is 1. The fraction of sp³-hybridized carbons (Fsp3) is 0. The van der Waals surface area contributed by atoms with Crippen molar-refractivity contribution in [3.63, 3.8) is 0 Å². The molecule has 0 aliphatic heterocycles. The third-order valence-corrected chi connectivity index (χ3v) is 4.23. The van der Waals surface area contributed by atoms with Crippen LogP contribution < -0.4 is 11.1 Å². The minimum atomic E-state index is 0.751. The van der Waals surface area contributed by atoms with Gasteiger partial charge in [-0.2, -0.15) is 0 Å². The van der Waals surface area contributed by atoms with Crippen molar-refractivity contribution in [2.75, 3.05) is 11.1 Å². The normalized spacial score (nSPS) is 10.7. The van der Waals surface area contributed by atoms with E-state index in [1.807, 2.05) is 42.6 Å². The van der Waals surface area contributed by atoms with Crippen molar-refractivity contribution in [2.45, 2.75) is 0 Å². The van der Waals surface area contributed by atoms with E-state index in [2.05, 4.69) is 42.2 Å². The van der Waals surface area contributed by atoms with Gasteiger partial charge in [0.05, 0.1) is 5.69 Å². The van der Waals surface area contributed by atoms with Crippen LogP contribution >= 0.6 is 31.9 Å². The number of benzene rings is 2. The molecule has 0 saturated heterocycles. The SMILES string of the molecule is Nc1ccc(Nc2cc(Br)ccc2Br)c2cnccc12. The molecule has 0 amide bonds. The number of aromatic nitrogens is 1. The molecule has 0 fully saturated rings. The number of fused-ring (bicyclic) bond motifs is 1. The molecule has 0 aliphatic carbocycles. The van der Waals surface area contributed by atoms with Crippen LogP contribution in [0.2, 0.25) is 0 Å². The molecule has 1 aromatic heterocycles. The molecule has 0 atom stereocenters. The number of nitrogens with one attached hydrogen (secondary N) is 1. The first-order valence-corrected chi connectivity index (χ1v) is 7.58. The van der Waals surface area contributed by atoms with Gasteiger partial charge >= 0.3 is 0 Å². The molecule has 0 aliphatic rings. The number of nitrogens with two attached hydrogens (primary N) is 1. The molecule has 0 bridgehead atoms. The fourth-order valence-corrected chi connectivity index (χ4v) is 2.77. The molecule has 1 heterocycles. The maximum absolute atomic E-state index is 6.00. The van der Waals surface area contributed by atoms with Gasteiger partial charge in [-0.1, -0.05) is 15.9 Å². The average Bonchev–Trinajstić information content (AvgIpc) is 2.46. The van der Waals surface area contributed by atoms with Crippen LogP contribution in [0.5, 0.6) is 0 Å². The van der Waals surface area contributed by atoms with Crippen LogP contribution in [0, 0.1) is 0 Å². The van der Waals surface area contributed by atoms with E-state index in [0.717, 1.165) is 36.8 Å². The Morgan fingerprint density at radius 2 is 1.80 bits per heavy atom. The Kier molecular flexibility index (Phi) is 3.63. The molecule has 0 saturated carbocycles. The fourth-order valence-electron chi connectivity index (χ4n) is 2.06. The smallest absolute Gasteiger partial charge is 0.0540 e. The molecular formula is C15H11Br2N3. The van der Waals surface area contributed by atoms with Crippen LogP contribution in [0.3, 0.4) is 0 Å². The number of hydrogen-bond acceptors (Lipinski definition) is 3. The summed E-state index contributed by atoms with van der Waals surface area (Å²) in [6, 6.07) is 11.8. The number of nitrogen functional groups attached to an aromatic ring is 1. The van der Waals surface area contributed by atoms with E-state index >= 15 is 0 Å². The molecular weight excluding hydrogens is 382 g/mol. The van der Waals surface area contributed by atoms with E-state index in [0.29, 0.717) is 0 Å². The molecule has 100 valence electrons. The van der Waals surface area contributed by atoms with E-state index in [-0.39, 0.29) is 0 Å². The lowest BCUT2D eigenvalue weighted by molar-refractivity contribution is 1.36. The predicted molar refractivity (Wildman–Crippen MR) is 91.3 cm³/mol. The Morgan fingerprint density at radius 3 is 2.65 bits per heavy atom. The Hall–Kier alpha value is -1.59. The Bertz CT molecular complexity index is 787. The van der Waals surface area contributed by atoms with Gasteiger partial charge < -0.3 is 11.1 Å². The Morgan fingerprint density at radius 1 is 0.950 bits per heavy atom. The molecule has 3 N–H and O–H groups in total. The summed E-state index contributed by atoms with van der Waals surface area (Å²) in [5, 5.41) is 5.41. The molecule has 0 unspecified atom stereocenters. The number of halogens is 2. The van der Waals surface area contributed by atoms with Crippen molar-refractivity contribution < 1.29 is 0 Å². The average molecular weight is 393 g/mol. The van der Waals surface area contributed by atoms with Crippen molar-refractivity contribution in [1.29, 1.82) is 0 Å². The van der Waals surface area contributed by atoms with Crippen molar-refractivity contribution >= 4 is 59.7 Å². The first kappa shape index (κ1) is 13.4. The lowest BCUT2D eigenvalue weighted by Gasteiger charge is -2.12. The van der Waals surface area contributed by atoms with Crippen LogP contribution in [0.25, 0.3) is 10.8 Å². The van der Waals surface area contributed by atoms with Crippen molar-refractivity contribution in [2.24, 2.45) is 0 Å². The quantitative estimate of drug-likeness (QED) is 0.597. The summed E-state index contributed by atoms with van der Waals surface area (Å²) in [7, 11) is 0. The van der Waals surface area contributed by atoms with Crippen LogP contribution in [-0.2, 0) is 0 Å². The zero-order valence-corrected chi connectivity index (χ0v) is 13.6. The van der Waals surface area contributed by atoms with E-state index in [1.165, 1.54) is 0 Å². The highest BCUT2D eigenvalue weighted by atomic mass is 79.9. The molecule has 3 nitrogen and oxygen atoms in total. The Labute approximate surface area is 133 Å². The van der Waals surface area contributed by atoms with E-state index < -0.39 is 0 Å². The van der Waals surface area contributed by atoms with Crippen molar-refractivity contribution in [3.8, 4) is 0 Å².